The number of rotatable bonds is 8. The summed E-state index contributed by atoms with van der Waals surface area (Å²) in [5, 5.41) is 9.27. The van der Waals surface area contributed by atoms with Crippen LogP contribution in [0.25, 0.3) is 0 Å². The zero-order valence-electron chi connectivity index (χ0n) is 14.4. The van der Waals surface area contributed by atoms with Gasteiger partial charge in [-0.2, -0.15) is 0 Å². The third kappa shape index (κ3) is 8.04. The molecule has 1 aromatic rings. The van der Waals surface area contributed by atoms with Crippen molar-refractivity contribution in [3.05, 3.63) is 42.5 Å². The number of anilines is 1. The number of nitrogens with zero attached hydrogens (tertiary/aromatic N) is 1. The van der Waals surface area contributed by atoms with Crippen molar-refractivity contribution in [2.24, 2.45) is 10.9 Å². The van der Waals surface area contributed by atoms with Gasteiger partial charge in [0.05, 0.1) is 6.54 Å². The predicted octanol–water partition coefficient (Wildman–Crippen LogP) is 2.91. The van der Waals surface area contributed by atoms with Crippen molar-refractivity contribution in [3.8, 4) is 0 Å². The minimum atomic E-state index is 0.0432. The third-order valence-corrected chi connectivity index (χ3v) is 2.98. The molecular weight excluding hydrogens is 288 g/mol. The summed E-state index contributed by atoms with van der Waals surface area (Å²) in [5.74, 6) is 1.14. The van der Waals surface area contributed by atoms with Crippen LogP contribution in [-0.4, -0.2) is 25.0 Å². The molecule has 0 aliphatic heterocycles. The number of guanidine groups is 1. The van der Waals surface area contributed by atoms with Crippen LogP contribution in [0.4, 0.5) is 5.69 Å². The van der Waals surface area contributed by atoms with Crippen molar-refractivity contribution in [3.63, 3.8) is 0 Å². The van der Waals surface area contributed by atoms with Crippen LogP contribution in [-0.2, 0) is 11.3 Å². The summed E-state index contributed by atoms with van der Waals surface area (Å²) in [7, 11) is 0. The number of carbonyl (C=O) groups is 1. The number of hydrogen-bond acceptors (Lipinski definition) is 2. The fourth-order valence-corrected chi connectivity index (χ4v) is 2.01. The van der Waals surface area contributed by atoms with Crippen LogP contribution < -0.4 is 16.0 Å². The third-order valence-electron chi connectivity index (χ3n) is 2.98. The van der Waals surface area contributed by atoms with Gasteiger partial charge in [-0.05, 0) is 30.5 Å². The van der Waals surface area contributed by atoms with Gasteiger partial charge in [0, 0.05) is 25.2 Å². The Morgan fingerprint density at radius 2 is 2.13 bits per heavy atom. The molecule has 1 amide bonds. The van der Waals surface area contributed by atoms with Crippen molar-refractivity contribution in [2.75, 3.05) is 18.4 Å². The summed E-state index contributed by atoms with van der Waals surface area (Å²) in [6, 6.07) is 7.78. The van der Waals surface area contributed by atoms with E-state index >= 15 is 0 Å². The van der Waals surface area contributed by atoms with Crippen LogP contribution in [0.15, 0.2) is 41.9 Å². The van der Waals surface area contributed by atoms with E-state index in [2.05, 4.69) is 27.5 Å². The summed E-state index contributed by atoms with van der Waals surface area (Å²) in [5.41, 5.74) is 1.86. The molecule has 3 N–H and O–H groups in total. The number of aliphatic imine (C=N–C) groups is 1. The average Bonchev–Trinajstić information content (AvgIpc) is 2.49. The van der Waals surface area contributed by atoms with Crippen LogP contribution in [0, 0.1) is 5.92 Å². The maximum atomic E-state index is 11.8. The first-order chi connectivity index (χ1) is 11.0. The van der Waals surface area contributed by atoms with Crippen LogP contribution in [0.3, 0.4) is 0 Å². The molecule has 0 atom stereocenters. The van der Waals surface area contributed by atoms with Crippen molar-refractivity contribution in [2.45, 2.75) is 33.7 Å². The smallest absolute Gasteiger partial charge is 0.224 e. The van der Waals surface area contributed by atoms with Crippen LogP contribution >= 0.6 is 0 Å². The Balaban J connectivity index is 2.67. The van der Waals surface area contributed by atoms with Gasteiger partial charge in [-0.1, -0.05) is 32.1 Å². The highest BCUT2D eigenvalue weighted by Crippen LogP contribution is 2.13. The van der Waals surface area contributed by atoms with Gasteiger partial charge in [0.1, 0.15) is 0 Å². The first kappa shape index (κ1) is 18.7. The van der Waals surface area contributed by atoms with Crippen molar-refractivity contribution < 1.29 is 4.79 Å². The first-order valence-corrected chi connectivity index (χ1v) is 8.07. The second-order valence-corrected chi connectivity index (χ2v) is 5.71. The summed E-state index contributed by atoms with van der Waals surface area (Å²) >= 11 is 0. The molecule has 1 aromatic carbocycles. The minimum absolute atomic E-state index is 0.0432. The van der Waals surface area contributed by atoms with Gasteiger partial charge in [-0.25, -0.2) is 4.99 Å². The number of carbonyl (C=O) groups excluding carboxylic acids is 1. The zero-order valence-corrected chi connectivity index (χ0v) is 14.4. The molecule has 126 valence electrons. The van der Waals surface area contributed by atoms with Gasteiger partial charge in [0.15, 0.2) is 5.96 Å². The molecule has 0 saturated carbocycles. The lowest BCUT2D eigenvalue weighted by Gasteiger charge is -2.10. The summed E-state index contributed by atoms with van der Waals surface area (Å²) < 4.78 is 0. The van der Waals surface area contributed by atoms with Gasteiger partial charge in [-0.3, -0.25) is 4.79 Å². The molecule has 0 unspecified atom stereocenters. The van der Waals surface area contributed by atoms with E-state index in [4.69, 9.17) is 0 Å². The highest BCUT2D eigenvalue weighted by molar-refractivity contribution is 5.90. The molecule has 0 aromatic heterocycles. The Morgan fingerprint density at radius 3 is 2.78 bits per heavy atom. The lowest BCUT2D eigenvalue weighted by atomic mass is 10.1. The molecule has 23 heavy (non-hydrogen) atoms. The summed E-state index contributed by atoms with van der Waals surface area (Å²) in [6.07, 6.45) is 2.32. The lowest BCUT2D eigenvalue weighted by molar-refractivity contribution is -0.116. The SMILES string of the molecule is C=CCNC(=NCc1cccc(NC(=O)CC(C)C)c1)NCC. The first-order valence-electron chi connectivity index (χ1n) is 8.07. The summed E-state index contributed by atoms with van der Waals surface area (Å²) in [6.45, 7) is 11.8. The van der Waals surface area contributed by atoms with Gasteiger partial charge >= 0.3 is 0 Å². The maximum Gasteiger partial charge on any atom is 0.224 e. The zero-order chi connectivity index (χ0) is 17.1. The molecule has 0 fully saturated rings. The lowest BCUT2D eigenvalue weighted by Crippen LogP contribution is -2.37. The largest absolute Gasteiger partial charge is 0.357 e. The van der Waals surface area contributed by atoms with Crippen molar-refractivity contribution in [1.29, 1.82) is 0 Å². The van der Waals surface area contributed by atoms with Crippen LogP contribution in [0.5, 0.6) is 0 Å². The van der Waals surface area contributed by atoms with Gasteiger partial charge in [0.25, 0.3) is 0 Å². The van der Waals surface area contributed by atoms with E-state index in [0.717, 1.165) is 23.8 Å². The number of hydrogen-bond donors (Lipinski definition) is 3. The predicted molar refractivity (Wildman–Crippen MR) is 97.5 cm³/mol. The highest BCUT2D eigenvalue weighted by atomic mass is 16.1. The Labute approximate surface area is 139 Å². The highest BCUT2D eigenvalue weighted by Gasteiger charge is 2.05. The second kappa shape index (κ2) is 10.4. The number of benzene rings is 1. The van der Waals surface area contributed by atoms with E-state index in [9.17, 15) is 4.79 Å². The van der Waals surface area contributed by atoms with Crippen molar-refractivity contribution >= 4 is 17.6 Å². The molecule has 1 rings (SSSR count). The van der Waals surface area contributed by atoms with Crippen LogP contribution in [0.2, 0.25) is 0 Å². The Bertz CT molecular complexity index is 538. The van der Waals surface area contributed by atoms with E-state index < -0.39 is 0 Å². The fraction of sp³-hybridized carbons (Fsp3) is 0.444. The van der Waals surface area contributed by atoms with Gasteiger partial charge in [0.2, 0.25) is 5.91 Å². The van der Waals surface area contributed by atoms with Crippen LogP contribution in [0.1, 0.15) is 32.8 Å². The standard InChI is InChI=1S/C18H28N4O/c1-5-10-20-18(19-6-2)21-13-15-8-7-9-16(12-15)22-17(23)11-14(3)4/h5,7-9,12,14H,1,6,10-11,13H2,2-4H3,(H,22,23)(H2,19,20,21). The molecule has 5 heteroatoms. The van der Waals surface area contributed by atoms with Crippen molar-refractivity contribution in [1.82, 2.24) is 10.6 Å². The Kier molecular flexibility index (Phi) is 8.50. The molecule has 0 saturated heterocycles. The van der Waals surface area contributed by atoms with E-state index in [0.29, 0.717) is 25.4 Å². The number of amides is 1. The molecule has 0 heterocycles. The Morgan fingerprint density at radius 1 is 1.35 bits per heavy atom. The maximum absolute atomic E-state index is 11.8. The van der Waals surface area contributed by atoms with E-state index in [1.807, 2.05) is 45.0 Å². The minimum Gasteiger partial charge on any atom is -0.357 e. The number of nitrogens with one attached hydrogen (secondary N) is 3. The van der Waals surface area contributed by atoms with Gasteiger partial charge in [-0.15, -0.1) is 6.58 Å². The molecule has 0 spiro atoms. The quantitative estimate of drug-likeness (QED) is 0.392. The topological polar surface area (TPSA) is 65.5 Å². The molecule has 5 nitrogen and oxygen atoms in total. The molecular formula is C18H28N4O. The summed E-state index contributed by atoms with van der Waals surface area (Å²) in [4.78, 5) is 16.4. The monoisotopic (exact) mass is 316 g/mol. The second-order valence-electron chi connectivity index (χ2n) is 5.71. The van der Waals surface area contributed by atoms with E-state index in [1.165, 1.54) is 0 Å². The Hall–Kier alpha value is -2.30. The molecule has 0 radical (unpaired) electrons. The molecule has 0 aliphatic carbocycles. The van der Waals surface area contributed by atoms with E-state index in [-0.39, 0.29) is 5.91 Å². The molecule has 0 aliphatic rings. The normalized spacial score (nSPS) is 11.2. The van der Waals surface area contributed by atoms with E-state index in [1.54, 1.807) is 6.08 Å². The fourth-order valence-electron chi connectivity index (χ4n) is 2.01. The molecule has 0 bridgehead atoms. The average molecular weight is 316 g/mol. The van der Waals surface area contributed by atoms with Gasteiger partial charge < -0.3 is 16.0 Å².